The highest BCUT2D eigenvalue weighted by Crippen LogP contribution is 2.41. The van der Waals surface area contributed by atoms with Crippen LogP contribution < -0.4 is 4.74 Å². The van der Waals surface area contributed by atoms with Gasteiger partial charge in [0.1, 0.15) is 18.5 Å². The van der Waals surface area contributed by atoms with E-state index in [1.54, 1.807) is 30.7 Å². The second kappa shape index (κ2) is 6.95. The van der Waals surface area contributed by atoms with Gasteiger partial charge in [-0.1, -0.05) is 48.6 Å². The molecule has 2 aromatic carbocycles. The summed E-state index contributed by atoms with van der Waals surface area (Å²) in [6, 6.07) is 14.3. The molecule has 5 rings (SSSR count). The molecule has 1 aliphatic carbocycles. The Kier molecular flexibility index (Phi) is 4.27. The van der Waals surface area contributed by atoms with Gasteiger partial charge >= 0.3 is 0 Å². The van der Waals surface area contributed by atoms with Gasteiger partial charge < -0.3 is 4.74 Å². The van der Waals surface area contributed by atoms with Crippen LogP contribution in [0.4, 0.5) is 4.39 Å². The SMILES string of the molecule is Fc1ccc(C2=NC(C3=CC=C3)=C3C=NC=C[N+]23Cl)cc1OCc1ccccc1. The van der Waals surface area contributed by atoms with Crippen molar-refractivity contribution in [3.05, 3.63) is 113 Å². The molecule has 0 fully saturated rings. The summed E-state index contributed by atoms with van der Waals surface area (Å²) >= 11 is 6.94. The minimum absolute atomic E-state index is 0.145. The molecule has 3 aliphatic rings. The molecule has 4 nitrogen and oxygen atoms in total. The van der Waals surface area contributed by atoms with Crippen LogP contribution in [0.2, 0.25) is 0 Å². The van der Waals surface area contributed by atoms with E-state index in [1.165, 1.54) is 6.07 Å². The fraction of sp³-hybridized carbons (Fsp3) is 0.0435. The Hall–Kier alpha value is -3.28. The summed E-state index contributed by atoms with van der Waals surface area (Å²) in [5.41, 5.74) is 4.15. The molecule has 1 atom stereocenters. The number of hydrogen-bond acceptors (Lipinski definition) is 3. The maximum absolute atomic E-state index is 14.4. The van der Waals surface area contributed by atoms with Crippen LogP contribution in [0.25, 0.3) is 0 Å². The van der Waals surface area contributed by atoms with Crippen LogP contribution in [0, 0.1) is 5.82 Å². The lowest BCUT2D eigenvalue weighted by Gasteiger charge is -2.23. The Morgan fingerprint density at radius 1 is 1.10 bits per heavy atom. The van der Waals surface area contributed by atoms with Gasteiger partial charge in [-0.15, -0.1) is 4.00 Å². The molecule has 0 radical (unpaired) electrons. The Bertz CT molecular complexity index is 1180. The predicted octanol–water partition coefficient (Wildman–Crippen LogP) is 5.40. The molecular weight excluding hydrogens is 389 g/mol. The van der Waals surface area contributed by atoms with Gasteiger partial charge in [0.2, 0.25) is 5.70 Å². The molecule has 2 heterocycles. The smallest absolute Gasteiger partial charge is 0.264 e. The second-order valence-electron chi connectivity index (χ2n) is 6.78. The van der Waals surface area contributed by atoms with Crippen molar-refractivity contribution >= 4 is 23.8 Å². The molecule has 0 bridgehead atoms. The molecule has 0 saturated heterocycles. The normalized spacial score (nSPS) is 21.6. The summed E-state index contributed by atoms with van der Waals surface area (Å²) in [4.78, 5) is 8.99. The number of nitrogens with zero attached hydrogens (tertiary/aromatic N) is 3. The fourth-order valence-electron chi connectivity index (χ4n) is 3.35. The van der Waals surface area contributed by atoms with Gasteiger partial charge in [-0.3, -0.25) is 4.99 Å². The fourth-order valence-corrected chi connectivity index (χ4v) is 3.66. The number of aliphatic imine (C=N–C) groups is 2. The molecule has 0 saturated carbocycles. The molecule has 6 heteroatoms. The molecule has 1 unspecified atom stereocenters. The van der Waals surface area contributed by atoms with Crippen LogP contribution in [-0.4, -0.2) is 16.1 Å². The number of ether oxygens (including phenoxy) is 1. The monoisotopic (exact) mass is 404 g/mol. The van der Waals surface area contributed by atoms with E-state index >= 15 is 0 Å². The minimum atomic E-state index is -0.432. The van der Waals surface area contributed by atoms with Gasteiger partial charge in [-0.2, -0.15) is 4.99 Å². The predicted molar refractivity (Wildman–Crippen MR) is 112 cm³/mol. The third-order valence-electron chi connectivity index (χ3n) is 4.93. The largest absolute Gasteiger partial charge is 0.486 e. The highest BCUT2D eigenvalue weighted by molar-refractivity contribution is 6.20. The topological polar surface area (TPSA) is 34.0 Å². The van der Waals surface area contributed by atoms with E-state index in [0.29, 0.717) is 11.4 Å². The average Bonchev–Trinajstić information content (AvgIpc) is 3.00. The molecular formula is C23H16ClFN3O+. The third-order valence-corrected chi connectivity index (χ3v) is 5.38. The zero-order valence-electron chi connectivity index (χ0n) is 15.3. The van der Waals surface area contributed by atoms with Crippen LogP contribution in [0.3, 0.4) is 0 Å². The molecule has 2 aromatic rings. The van der Waals surface area contributed by atoms with Crippen molar-refractivity contribution in [2.24, 2.45) is 9.98 Å². The standard InChI is InChI=1S/C23H16ClFN3O/c24-28-12-11-26-14-20(28)22(17-7-4-8-17)27-23(28)18-9-10-19(25)21(13-18)29-15-16-5-2-1-3-6-16/h1-14H,15H2/q+1. The van der Waals surface area contributed by atoms with Crippen molar-refractivity contribution in [2.75, 3.05) is 0 Å². The van der Waals surface area contributed by atoms with E-state index in [0.717, 1.165) is 22.5 Å². The maximum atomic E-state index is 14.4. The van der Waals surface area contributed by atoms with Gasteiger partial charge in [0, 0.05) is 5.57 Å². The third kappa shape index (κ3) is 3.05. The number of hydrogen-bond donors (Lipinski definition) is 0. The first-order valence-electron chi connectivity index (χ1n) is 9.14. The number of amidine groups is 1. The van der Waals surface area contributed by atoms with Crippen molar-refractivity contribution in [1.82, 2.24) is 0 Å². The Balaban J connectivity index is 1.49. The molecule has 0 amide bonds. The lowest BCUT2D eigenvalue weighted by atomic mass is 10.0. The van der Waals surface area contributed by atoms with Crippen LogP contribution in [0.5, 0.6) is 5.75 Å². The van der Waals surface area contributed by atoms with Crippen molar-refractivity contribution < 1.29 is 13.1 Å². The second-order valence-corrected chi connectivity index (χ2v) is 7.32. The Morgan fingerprint density at radius 2 is 1.93 bits per heavy atom. The van der Waals surface area contributed by atoms with Crippen LogP contribution in [0.1, 0.15) is 11.1 Å². The summed E-state index contributed by atoms with van der Waals surface area (Å²) in [5, 5.41) is 0. The van der Waals surface area contributed by atoms with Crippen molar-refractivity contribution in [3.8, 4) is 5.75 Å². The maximum Gasteiger partial charge on any atom is 0.264 e. The van der Waals surface area contributed by atoms with Gasteiger partial charge in [0.25, 0.3) is 5.84 Å². The number of benzene rings is 2. The molecule has 0 aromatic heterocycles. The summed E-state index contributed by atoms with van der Waals surface area (Å²) < 4.78 is 20.0. The quantitative estimate of drug-likeness (QED) is 0.614. The molecule has 142 valence electrons. The number of quaternary nitrogens is 1. The highest BCUT2D eigenvalue weighted by atomic mass is 35.5. The van der Waals surface area contributed by atoms with Crippen molar-refractivity contribution in [1.29, 1.82) is 0 Å². The lowest BCUT2D eigenvalue weighted by molar-refractivity contribution is -0.599. The molecule has 0 N–H and O–H groups in total. The van der Waals surface area contributed by atoms with E-state index in [-0.39, 0.29) is 16.4 Å². The van der Waals surface area contributed by atoms with Crippen LogP contribution in [-0.2, 0) is 6.61 Å². The van der Waals surface area contributed by atoms with E-state index < -0.39 is 5.82 Å². The van der Waals surface area contributed by atoms with Gasteiger partial charge in [0.05, 0.1) is 18.0 Å². The summed E-state index contributed by atoms with van der Waals surface area (Å²) in [6.45, 7) is 0.271. The van der Waals surface area contributed by atoms with Crippen LogP contribution >= 0.6 is 11.8 Å². The first-order chi connectivity index (χ1) is 14.1. The zero-order valence-corrected chi connectivity index (χ0v) is 16.1. The summed E-state index contributed by atoms with van der Waals surface area (Å²) in [5.74, 6) is 0.299. The number of halogens is 2. The van der Waals surface area contributed by atoms with Crippen molar-refractivity contribution in [3.63, 3.8) is 0 Å². The number of allylic oxidation sites excluding steroid dienone is 4. The van der Waals surface area contributed by atoms with Crippen molar-refractivity contribution in [2.45, 2.75) is 6.61 Å². The Morgan fingerprint density at radius 3 is 2.69 bits per heavy atom. The molecule has 29 heavy (non-hydrogen) atoms. The van der Waals surface area contributed by atoms with Gasteiger partial charge in [-0.25, -0.2) is 4.39 Å². The van der Waals surface area contributed by atoms with Gasteiger partial charge in [-0.05, 0) is 23.8 Å². The zero-order chi connectivity index (χ0) is 19.8. The van der Waals surface area contributed by atoms with E-state index in [9.17, 15) is 4.39 Å². The average molecular weight is 405 g/mol. The molecule has 0 spiro atoms. The van der Waals surface area contributed by atoms with Gasteiger partial charge in [0.15, 0.2) is 23.3 Å². The first kappa shape index (κ1) is 17.8. The molecule has 2 aliphatic heterocycles. The summed E-state index contributed by atoms with van der Waals surface area (Å²) in [6.07, 6.45) is 11.0. The number of rotatable bonds is 5. The summed E-state index contributed by atoms with van der Waals surface area (Å²) in [7, 11) is 0. The highest BCUT2D eigenvalue weighted by Gasteiger charge is 2.46. The minimum Gasteiger partial charge on any atom is -0.486 e. The number of fused-ring (bicyclic) bond motifs is 1. The van der Waals surface area contributed by atoms with E-state index in [2.05, 4.69) is 4.99 Å². The lowest BCUT2D eigenvalue weighted by Crippen LogP contribution is -2.37. The first-order valence-corrected chi connectivity index (χ1v) is 9.48. The van der Waals surface area contributed by atoms with Crippen LogP contribution in [0.15, 0.2) is 106 Å². The van der Waals surface area contributed by atoms with E-state index in [1.807, 2.05) is 48.6 Å². The Labute approximate surface area is 172 Å². The van der Waals surface area contributed by atoms with E-state index in [4.69, 9.17) is 21.5 Å².